The normalized spacial score (nSPS) is 11.8. The van der Waals surface area contributed by atoms with Crippen LogP contribution in [0.25, 0.3) is 0 Å². The van der Waals surface area contributed by atoms with Crippen molar-refractivity contribution in [2.24, 2.45) is 0 Å². The van der Waals surface area contributed by atoms with Crippen LogP contribution in [-0.4, -0.2) is 51.4 Å². The second kappa shape index (κ2) is 9.27. The molecule has 0 bridgehead atoms. The summed E-state index contributed by atoms with van der Waals surface area (Å²) in [6.07, 6.45) is 0. The molecule has 0 spiro atoms. The Bertz CT molecular complexity index is 839. The molecule has 2 N–H and O–H groups in total. The number of hydrogen-bond acceptors (Lipinski definition) is 4. The fraction of sp³-hybridized carbons (Fsp3) is 0.300. The molecule has 2 amide bonds. The Balaban J connectivity index is 2.00. The molecular formula is C20H24F2N4O2. The Kier molecular flexibility index (Phi) is 7.06. The standard InChI is InChI=1S/C20H24F2N4O2/c1-25(2)15-8-5-13(6-9-15)18(26(3)4)12-23-19(27)20(28)24-17-10-7-14(21)11-16(17)22/h5-11,18H,12H2,1-4H3,(H,23,27)(H,24,28). The van der Waals surface area contributed by atoms with E-state index in [0.29, 0.717) is 6.07 Å². The number of nitrogens with one attached hydrogen (secondary N) is 2. The number of amides is 2. The zero-order valence-corrected chi connectivity index (χ0v) is 16.3. The van der Waals surface area contributed by atoms with E-state index in [-0.39, 0.29) is 18.3 Å². The number of carbonyl (C=O) groups excluding carboxylic acids is 2. The lowest BCUT2D eigenvalue weighted by molar-refractivity contribution is -0.136. The molecule has 0 aliphatic heterocycles. The average molecular weight is 390 g/mol. The Morgan fingerprint density at radius 3 is 2.14 bits per heavy atom. The van der Waals surface area contributed by atoms with Crippen molar-refractivity contribution in [2.45, 2.75) is 6.04 Å². The molecule has 1 unspecified atom stereocenters. The van der Waals surface area contributed by atoms with Crippen LogP contribution in [0, 0.1) is 11.6 Å². The second-order valence-electron chi connectivity index (χ2n) is 6.75. The van der Waals surface area contributed by atoms with Gasteiger partial charge in [0.05, 0.1) is 11.7 Å². The number of likely N-dealkylation sites (N-methyl/N-ethyl adjacent to an activating group) is 1. The summed E-state index contributed by atoms with van der Waals surface area (Å²) in [6, 6.07) is 10.4. The molecule has 8 heteroatoms. The molecule has 0 radical (unpaired) electrons. The third-order valence-electron chi connectivity index (χ3n) is 4.26. The fourth-order valence-corrected chi connectivity index (χ4v) is 2.63. The van der Waals surface area contributed by atoms with Crippen LogP contribution in [-0.2, 0) is 9.59 Å². The monoisotopic (exact) mass is 390 g/mol. The molecule has 6 nitrogen and oxygen atoms in total. The molecular weight excluding hydrogens is 366 g/mol. The first kappa shape index (κ1) is 21.3. The van der Waals surface area contributed by atoms with Gasteiger partial charge in [0.2, 0.25) is 0 Å². The molecule has 2 aromatic rings. The molecule has 0 aliphatic rings. The second-order valence-corrected chi connectivity index (χ2v) is 6.75. The van der Waals surface area contributed by atoms with E-state index in [9.17, 15) is 18.4 Å². The number of carbonyl (C=O) groups is 2. The van der Waals surface area contributed by atoms with E-state index < -0.39 is 23.4 Å². The van der Waals surface area contributed by atoms with E-state index in [1.54, 1.807) is 0 Å². The predicted octanol–water partition coefficient (Wildman–Crippen LogP) is 2.39. The Morgan fingerprint density at radius 2 is 1.61 bits per heavy atom. The lowest BCUT2D eigenvalue weighted by Gasteiger charge is -2.25. The van der Waals surface area contributed by atoms with Crippen LogP contribution in [0.15, 0.2) is 42.5 Å². The predicted molar refractivity (Wildman–Crippen MR) is 105 cm³/mol. The SMILES string of the molecule is CN(C)c1ccc(C(CNC(=O)C(=O)Nc2ccc(F)cc2F)N(C)C)cc1. The molecule has 28 heavy (non-hydrogen) atoms. The summed E-state index contributed by atoms with van der Waals surface area (Å²) in [4.78, 5) is 28.0. The molecule has 0 fully saturated rings. The summed E-state index contributed by atoms with van der Waals surface area (Å²) in [6.45, 7) is 0.187. The number of nitrogens with zero attached hydrogens (tertiary/aromatic N) is 2. The molecule has 0 saturated carbocycles. The summed E-state index contributed by atoms with van der Waals surface area (Å²) in [5.41, 5.74) is 1.76. The average Bonchev–Trinajstić information content (AvgIpc) is 2.64. The first-order valence-corrected chi connectivity index (χ1v) is 8.67. The third kappa shape index (κ3) is 5.50. The number of halogens is 2. The van der Waals surface area contributed by atoms with Crippen molar-refractivity contribution in [1.82, 2.24) is 10.2 Å². The molecule has 1 atom stereocenters. The largest absolute Gasteiger partial charge is 0.378 e. The maximum Gasteiger partial charge on any atom is 0.313 e. The van der Waals surface area contributed by atoms with Crippen LogP contribution in [0.3, 0.4) is 0 Å². The minimum atomic E-state index is -1.02. The number of benzene rings is 2. The highest BCUT2D eigenvalue weighted by Crippen LogP contribution is 2.21. The lowest BCUT2D eigenvalue weighted by Crippen LogP contribution is -2.40. The first-order valence-electron chi connectivity index (χ1n) is 8.67. The van der Waals surface area contributed by atoms with Gasteiger partial charge in [-0.1, -0.05) is 12.1 Å². The van der Waals surface area contributed by atoms with Gasteiger partial charge in [-0.3, -0.25) is 9.59 Å². The summed E-state index contributed by atoms with van der Waals surface area (Å²) >= 11 is 0. The number of anilines is 2. The Labute approximate surface area is 163 Å². The molecule has 0 aromatic heterocycles. The van der Waals surface area contributed by atoms with Crippen LogP contribution < -0.4 is 15.5 Å². The Morgan fingerprint density at radius 1 is 0.964 bits per heavy atom. The van der Waals surface area contributed by atoms with Crippen LogP contribution in [0.4, 0.5) is 20.2 Å². The van der Waals surface area contributed by atoms with Crippen LogP contribution in [0.5, 0.6) is 0 Å². The number of rotatable bonds is 6. The molecule has 0 aliphatic carbocycles. The molecule has 0 heterocycles. The molecule has 150 valence electrons. The van der Waals surface area contributed by atoms with Gasteiger partial charge in [-0.05, 0) is 43.9 Å². The van der Waals surface area contributed by atoms with Crippen LogP contribution in [0.2, 0.25) is 0 Å². The van der Waals surface area contributed by atoms with Gasteiger partial charge in [0.1, 0.15) is 11.6 Å². The molecule has 2 aromatic carbocycles. The molecule has 0 saturated heterocycles. The van der Waals surface area contributed by atoms with Crippen molar-refractivity contribution in [3.05, 3.63) is 59.7 Å². The van der Waals surface area contributed by atoms with Crippen molar-refractivity contribution in [2.75, 3.05) is 45.0 Å². The van der Waals surface area contributed by atoms with Crippen LogP contribution >= 0.6 is 0 Å². The molecule has 2 rings (SSSR count). The maximum atomic E-state index is 13.6. The van der Waals surface area contributed by atoms with E-state index in [2.05, 4.69) is 10.6 Å². The Hall–Kier alpha value is -3.00. The highest BCUT2D eigenvalue weighted by molar-refractivity contribution is 6.39. The van der Waals surface area contributed by atoms with E-state index in [1.807, 2.05) is 62.3 Å². The summed E-state index contributed by atoms with van der Waals surface area (Å²) < 4.78 is 26.5. The van der Waals surface area contributed by atoms with Gasteiger partial charge in [-0.2, -0.15) is 0 Å². The van der Waals surface area contributed by atoms with E-state index in [0.717, 1.165) is 23.4 Å². The van der Waals surface area contributed by atoms with Crippen molar-refractivity contribution in [1.29, 1.82) is 0 Å². The highest BCUT2D eigenvalue weighted by atomic mass is 19.1. The van der Waals surface area contributed by atoms with Gasteiger partial charge < -0.3 is 20.4 Å². The van der Waals surface area contributed by atoms with E-state index in [1.165, 1.54) is 0 Å². The van der Waals surface area contributed by atoms with Gasteiger partial charge in [-0.15, -0.1) is 0 Å². The van der Waals surface area contributed by atoms with Gasteiger partial charge in [0, 0.05) is 32.4 Å². The number of hydrogen-bond donors (Lipinski definition) is 2. The van der Waals surface area contributed by atoms with Crippen molar-refractivity contribution in [3.63, 3.8) is 0 Å². The van der Waals surface area contributed by atoms with Gasteiger partial charge in [-0.25, -0.2) is 8.78 Å². The quantitative estimate of drug-likeness (QED) is 0.744. The smallest absolute Gasteiger partial charge is 0.313 e. The van der Waals surface area contributed by atoms with E-state index in [4.69, 9.17) is 0 Å². The zero-order valence-electron chi connectivity index (χ0n) is 16.3. The lowest BCUT2D eigenvalue weighted by atomic mass is 10.1. The van der Waals surface area contributed by atoms with Crippen LogP contribution in [0.1, 0.15) is 11.6 Å². The topological polar surface area (TPSA) is 64.7 Å². The summed E-state index contributed by atoms with van der Waals surface area (Å²) in [5, 5.41) is 4.69. The van der Waals surface area contributed by atoms with Crippen molar-refractivity contribution in [3.8, 4) is 0 Å². The first-order chi connectivity index (χ1) is 13.2. The van der Waals surface area contributed by atoms with Gasteiger partial charge >= 0.3 is 11.8 Å². The summed E-state index contributed by atoms with van der Waals surface area (Å²) in [7, 11) is 7.62. The van der Waals surface area contributed by atoms with Crippen molar-refractivity contribution < 1.29 is 18.4 Å². The summed E-state index contributed by atoms with van der Waals surface area (Å²) in [5.74, 6) is -3.64. The highest BCUT2D eigenvalue weighted by Gasteiger charge is 2.20. The zero-order chi connectivity index (χ0) is 20.8. The minimum absolute atomic E-state index is 0.157. The van der Waals surface area contributed by atoms with Gasteiger partial charge in [0.25, 0.3) is 0 Å². The van der Waals surface area contributed by atoms with Crippen molar-refractivity contribution >= 4 is 23.2 Å². The van der Waals surface area contributed by atoms with E-state index >= 15 is 0 Å². The third-order valence-corrected chi connectivity index (χ3v) is 4.26. The minimum Gasteiger partial charge on any atom is -0.378 e. The fourth-order valence-electron chi connectivity index (χ4n) is 2.63. The van der Waals surface area contributed by atoms with Gasteiger partial charge in [0.15, 0.2) is 0 Å². The maximum absolute atomic E-state index is 13.6.